The van der Waals surface area contributed by atoms with Crippen LogP contribution < -0.4 is 5.32 Å². The second-order valence-electron chi connectivity index (χ2n) is 7.65. The monoisotopic (exact) mass is 510 g/mol. The molecule has 0 saturated heterocycles. The van der Waals surface area contributed by atoms with Crippen LogP contribution in [0, 0.1) is 5.82 Å². The quantitative estimate of drug-likeness (QED) is 0.391. The van der Waals surface area contributed by atoms with Gasteiger partial charge in [0, 0.05) is 34.1 Å². The molecule has 0 spiro atoms. The van der Waals surface area contributed by atoms with E-state index in [4.69, 9.17) is 28.0 Å². The van der Waals surface area contributed by atoms with Crippen molar-refractivity contribution in [2.24, 2.45) is 5.16 Å². The third-order valence-electron chi connectivity index (χ3n) is 5.36. The van der Waals surface area contributed by atoms with Gasteiger partial charge in [-0.2, -0.15) is 13.2 Å². The summed E-state index contributed by atoms with van der Waals surface area (Å²) in [5.74, 6) is -1.56. The van der Waals surface area contributed by atoms with Crippen molar-refractivity contribution >= 4 is 34.8 Å². The Bertz CT molecular complexity index is 1250. The number of amides is 1. The van der Waals surface area contributed by atoms with Crippen LogP contribution in [0.3, 0.4) is 0 Å². The molecule has 1 aliphatic heterocycles. The number of carbonyl (C=O) groups is 1. The number of rotatable bonds is 5. The largest absolute Gasteiger partial charge is 0.435 e. The van der Waals surface area contributed by atoms with Crippen LogP contribution in [-0.4, -0.2) is 17.8 Å². The highest BCUT2D eigenvalue weighted by atomic mass is 35.5. The Balaban J connectivity index is 1.56. The Morgan fingerprint density at radius 3 is 2.32 bits per heavy atom. The number of nitrogens with zero attached hydrogens (tertiary/aromatic N) is 1. The highest BCUT2D eigenvalue weighted by Gasteiger charge is 2.62. The standard InChI is InChI=1S/C24H16Cl2F4N2O2/c25-17-9-16(10-18(26)11-17)23(24(28,29)30)12-21(32-34-23)15-6-7-19(20(27)8-15)22(33)31-13-14-4-2-1-3-5-14/h1-11H,12-13H2,(H,31,33). The fraction of sp³-hybridized carbons (Fsp3) is 0.167. The van der Waals surface area contributed by atoms with Gasteiger partial charge in [0.25, 0.3) is 11.5 Å². The van der Waals surface area contributed by atoms with Crippen LogP contribution in [0.2, 0.25) is 10.0 Å². The lowest BCUT2D eigenvalue weighted by Crippen LogP contribution is -2.42. The zero-order valence-corrected chi connectivity index (χ0v) is 18.8. The summed E-state index contributed by atoms with van der Waals surface area (Å²) in [6.07, 6.45) is -5.60. The molecule has 1 unspecified atom stereocenters. The van der Waals surface area contributed by atoms with Crippen LogP contribution in [0.5, 0.6) is 0 Å². The summed E-state index contributed by atoms with van der Waals surface area (Å²) >= 11 is 11.8. The summed E-state index contributed by atoms with van der Waals surface area (Å²) in [5, 5.41) is 6.20. The van der Waals surface area contributed by atoms with E-state index in [2.05, 4.69) is 10.5 Å². The highest BCUT2D eigenvalue weighted by Crippen LogP contribution is 2.49. The number of benzene rings is 3. The molecule has 3 aromatic carbocycles. The number of oxime groups is 1. The van der Waals surface area contributed by atoms with Gasteiger partial charge in [-0.05, 0) is 35.9 Å². The normalized spacial score (nSPS) is 17.8. The first-order valence-electron chi connectivity index (χ1n) is 9.99. The Hall–Kier alpha value is -3.10. The Morgan fingerprint density at radius 2 is 1.71 bits per heavy atom. The molecule has 0 aliphatic carbocycles. The average molecular weight is 511 g/mol. The van der Waals surface area contributed by atoms with E-state index in [0.29, 0.717) is 0 Å². The lowest BCUT2D eigenvalue weighted by Gasteiger charge is -2.29. The van der Waals surface area contributed by atoms with Crippen molar-refractivity contribution in [2.75, 3.05) is 0 Å². The van der Waals surface area contributed by atoms with E-state index in [1.165, 1.54) is 18.2 Å². The van der Waals surface area contributed by atoms with Crippen molar-refractivity contribution in [1.82, 2.24) is 5.32 Å². The van der Waals surface area contributed by atoms with Crippen LogP contribution in [0.1, 0.15) is 33.5 Å². The molecule has 10 heteroatoms. The minimum absolute atomic E-state index is 0.0000810. The first kappa shape index (κ1) is 24.0. The second-order valence-corrected chi connectivity index (χ2v) is 8.52. The van der Waals surface area contributed by atoms with Gasteiger partial charge in [-0.25, -0.2) is 4.39 Å². The number of alkyl halides is 3. The van der Waals surface area contributed by atoms with Crippen LogP contribution in [-0.2, 0) is 17.0 Å². The van der Waals surface area contributed by atoms with Crippen LogP contribution >= 0.6 is 23.2 Å². The summed E-state index contributed by atoms with van der Waals surface area (Å²) in [6.45, 7) is 0.192. The lowest BCUT2D eigenvalue weighted by molar-refractivity contribution is -0.275. The van der Waals surface area contributed by atoms with Gasteiger partial charge in [-0.3, -0.25) is 4.79 Å². The van der Waals surface area contributed by atoms with E-state index < -0.39 is 29.9 Å². The maximum absolute atomic E-state index is 14.7. The summed E-state index contributed by atoms with van der Waals surface area (Å²) in [6, 6.07) is 16.0. The molecule has 1 atom stereocenters. The lowest BCUT2D eigenvalue weighted by atomic mass is 9.86. The molecule has 1 N–H and O–H groups in total. The molecule has 3 aromatic rings. The molecular weight excluding hydrogens is 495 g/mol. The zero-order valence-electron chi connectivity index (χ0n) is 17.3. The maximum Gasteiger partial charge on any atom is 0.435 e. The van der Waals surface area contributed by atoms with Gasteiger partial charge < -0.3 is 10.2 Å². The van der Waals surface area contributed by atoms with E-state index in [-0.39, 0.29) is 39.0 Å². The van der Waals surface area contributed by atoms with Crippen molar-refractivity contribution in [1.29, 1.82) is 0 Å². The highest BCUT2D eigenvalue weighted by molar-refractivity contribution is 6.34. The smallest absolute Gasteiger partial charge is 0.374 e. The summed E-state index contributed by atoms with van der Waals surface area (Å²) in [4.78, 5) is 17.3. The van der Waals surface area contributed by atoms with Gasteiger partial charge >= 0.3 is 6.18 Å². The molecular formula is C24H16Cl2F4N2O2. The summed E-state index contributed by atoms with van der Waals surface area (Å²) in [7, 11) is 0. The molecule has 1 amide bonds. The topological polar surface area (TPSA) is 50.7 Å². The van der Waals surface area contributed by atoms with E-state index in [9.17, 15) is 22.4 Å². The van der Waals surface area contributed by atoms with Crippen molar-refractivity contribution in [3.05, 3.63) is 105 Å². The Morgan fingerprint density at radius 1 is 1.03 bits per heavy atom. The predicted octanol–water partition coefficient (Wildman–Crippen LogP) is 6.64. The van der Waals surface area contributed by atoms with Gasteiger partial charge in [-0.15, -0.1) is 0 Å². The fourth-order valence-corrected chi connectivity index (χ4v) is 4.12. The third kappa shape index (κ3) is 4.74. The number of hydrogen-bond acceptors (Lipinski definition) is 3. The van der Waals surface area contributed by atoms with Crippen molar-refractivity contribution in [3.63, 3.8) is 0 Å². The Kier molecular flexibility index (Phi) is 6.55. The second kappa shape index (κ2) is 9.27. The molecule has 1 aliphatic rings. The molecule has 4 rings (SSSR count). The zero-order chi connectivity index (χ0) is 24.5. The fourth-order valence-electron chi connectivity index (χ4n) is 3.60. The van der Waals surface area contributed by atoms with Gasteiger partial charge in [0.05, 0.1) is 11.3 Å². The number of hydrogen-bond donors (Lipinski definition) is 1. The van der Waals surface area contributed by atoms with Gasteiger partial charge in [0.15, 0.2) is 0 Å². The van der Waals surface area contributed by atoms with E-state index in [0.717, 1.165) is 23.8 Å². The van der Waals surface area contributed by atoms with Crippen LogP contribution in [0.25, 0.3) is 0 Å². The number of nitrogens with one attached hydrogen (secondary N) is 1. The summed E-state index contributed by atoms with van der Waals surface area (Å²) < 4.78 is 57.1. The molecule has 4 nitrogen and oxygen atoms in total. The van der Waals surface area contributed by atoms with E-state index >= 15 is 0 Å². The number of carbonyl (C=O) groups excluding carboxylic acids is 1. The van der Waals surface area contributed by atoms with E-state index in [1.54, 1.807) is 24.3 Å². The Labute approximate surface area is 202 Å². The molecule has 0 bridgehead atoms. The van der Waals surface area contributed by atoms with Gasteiger partial charge in [-0.1, -0.05) is 64.8 Å². The average Bonchev–Trinajstić information content (AvgIpc) is 3.25. The summed E-state index contributed by atoms with van der Waals surface area (Å²) in [5.41, 5.74) is -2.66. The maximum atomic E-state index is 14.7. The molecule has 0 aromatic heterocycles. The molecule has 34 heavy (non-hydrogen) atoms. The predicted molar refractivity (Wildman–Crippen MR) is 120 cm³/mol. The number of halogens is 6. The first-order chi connectivity index (χ1) is 16.1. The van der Waals surface area contributed by atoms with Crippen molar-refractivity contribution in [2.45, 2.75) is 24.7 Å². The van der Waals surface area contributed by atoms with E-state index in [1.807, 2.05) is 6.07 Å². The third-order valence-corrected chi connectivity index (χ3v) is 5.79. The minimum Gasteiger partial charge on any atom is -0.374 e. The molecule has 0 saturated carbocycles. The minimum atomic E-state index is -4.87. The van der Waals surface area contributed by atoms with Crippen LogP contribution in [0.4, 0.5) is 17.6 Å². The van der Waals surface area contributed by atoms with Crippen LogP contribution in [0.15, 0.2) is 71.9 Å². The van der Waals surface area contributed by atoms with Gasteiger partial charge in [0.1, 0.15) is 5.82 Å². The van der Waals surface area contributed by atoms with Gasteiger partial charge in [0.2, 0.25) is 0 Å². The first-order valence-corrected chi connectivity index (χ1v) is 10.7. The van der Waals surface area contributed by atoms with Crippen molar-refractivity contribution < 1.29 is 27.2 Å². The molecule has 0 radical (unpaired) electrons. The van der Waals surface area contributed by atoms with Crippen molar-refractivity contribution in [3.8, 4) is 0 Å². The molecule has 0 fully saturated rings. The molecule has 176 valence electrons. The molecule has 1 heterocycles. The SMILES string of the molecule is O=C(NCc1ccccc1)c1ccc(C2=NOC(c3cc(Cl)cc(Cl)c3)(C(F)(F)F)C2)cc1F.